The van der Waals surface area contributed by atoms with Crippen molar-refractivity contribution in [3.8, 4) is 6.07 Å². The van der Waals surface area contributed by atoms with E-state index in [2.05, 4.69) is 20.7 Å². The number of nitrogens with zero attached hydrogens (tertiary/aromatic N) is 1. The molecule has 0 aromatic heterocycles. The normalized spacial score (nSPS) is 10.9. The molecule has 0 aliphatic rings. The summed E-state index contributed by atoms with van der Waals surface area (Å²) in [6.07, 6.45) is 0. The van der Waals surface area contributed by atoms with Crippen LogP contribution in [0.4, 0.5) is 11.4 Å². The predicted octanol–water partition coefficient (Wildman–Crippen LogP) is 3.01. The molecule has 5 nitrogen and oxygen atoms in total. The van der Waals surface area contributed by atoms with Crippen molar-refractivity contribution in [2.75, 3.05) is 10.5 Å². The SMILES string of the molecule is Cc1c(Br)cccc1NS(=O)(=O)c1ccc(N)cc1C#N. The summed E-state index contributed by atoms with van der Waals surface area (Å²) in [5.41, 5.74) is 7.13. The van der Waals surface area contributed by atoms with Crippen molar-refractivity contribution in [3.63, 3.8) is 0 Å². The summed E-state index contributed by atoms with van der Waals surface area (Å²) in [4.78, 5) is -0.0985. The van der Waals surface area contributed by atoms with Gasteiger partial charge in [0.25, 0.3) is 10.0 Å². The van der Waals surface area contributed by atoms with Gasteiger partial charge in [-0.25, -0.2) is 8.42 Å². The molecule has 0 saturated carbocycles. The zero-order valence-corrected chi connectivity index (χ0v) is 13.5. The average Bonchev–Trinajstić information content (AvgIpc) is 2.43. The van der Waals surface area contributed by atoms with Gasteiger partial charge in [0.1, 0.15) is 11.0 Å². The van der Waals surface area contributed by atoms with Crippen LogP contribution in [0.15, 0.2) is 45.8 Å². The first-order valence-corrected chi connectivity index (χ1v) is 8.20. The van der Waals surface area contributed by atoms with Gasteiger partial charge in [0.05, 0.1) is 11.3 Å². The number of nitrogens with two attached hydrogens (primary N) is 1. The second-order valence-electron chi connectivity index (χ2n) is 4.39. The molecule has 0 bridgehead atoms. The fourth-order valence-corrected chi connectivity index (χ4v) is 3.42. The van der Waals surface area contributed by atoms with E-state index in [1.807, 2.05) is 12.1 Å². The second kappa shape index (κ2) is 5.76. The first kappa shape index (κ1) is 15.4. The van der Waals surface area contributed by atoms with E-state index in [1.165, 1.54) is 18.2 Å². The van der Waals surface area contributed by atoms with E-state index in [4.69, 9.17) is 11.0 Å². The Balaban J connectivity index is 2.49. The highest BCUT2D eigenvalue weighted by Gasteiger charge is 2.20. The summed E-state index contributed by atoms with van der Waals surface area (Å²) in [6, 6.07) is 11.1. The van der Waals surface area contributed by atoms with E-state index >= 15 is 0 Å². The van der Waals surface area contributed by atoms with Gasteiger partial charge in [-0.05, 0) is 42.8 Å². The number of anilines is 2. The molecule has 2 aromatic carbocycles. The largest absolute Gasteiger partial charge is 0.399 e. The van der Waals surface area contributed by atoms with E-state index in [9.17, 15) is 8.42 Å². The van der Waals surface area contributed by atoms with Crippen LogP contribution in [0.25, 0.3) is 0 Å². The van der Waals surface area contributed by atoms with Gasteiger partial charge in [-0.1, -0.05) is 22.0 Å². The molecule has 0 fully saturated rings. The third-order valence-corrected chi connectivity index (χ3v) is 5.21. The third-order valence-electron chi connectivity index (χ3n) is 2.93. The van der Waals surface area contributed by atoms with Crippen LogP contribution in [0.1, 0.15) is 11.1 Å². The molecule has 0 saturated heterocycles. The lowest BCUT2D eigenvalue weighted by Crippen LogP contribution is -2.15. The second-order valence-corrected chi connectivity index (χ2v) is 6.89. The number of halogens is 1. The number of benzene rings is 2. The minimum absolute atomic E-state index is 0.00940. The highest BCUT2D eigenvalue weighted by molar-refractivity contribution is 9.10. The standard InChI is InChI=1S/C14H12BrN3O2S/c1-9-12(15)3-2-4-13(9)18-21(19,20)14-6-5-11(17)7-10(14)8-16/h2-7,18H,17H2,1H3. The lowest BCUT2D eigenvalue weighted by Gasteiger charge is -2.12. The molecule has 0 amide bonds. The van der Waals surface area contributed by atoms with E-state index in [-0.39, 0.29) is 10.5 Å². The van der Waals surface area contributed by atoms with Crippen LogP contribution in [0.2, 0.25) is 0 Å². The molecule has 0 aliphatic carbocycles. The fraction of sp³-hybridized carbons (Fsp3) is 0.0714. The van der Waals surface area contributed by atoms with Crippen LogP contribution in [0, 0.1) is 18.3 Å². The van der Waals surface area contributed by atoms with Gasteiger partial charge in [0.15, 0.2) is 0 Å². The van der Waals surface area contributed by atoms with Crippen molar-refractivity contribution in [1.29, 1.82) is 5.26 Å². The Bertz CT molecular complexity index is 842. The van der Waals surface area contributed by atoms with Crippen molar-refractivity contribution in [2.24, 2.45) is 0 Å². The van der Waals surface area contributed by atoms with E-state index < -0.39 is 10.0 Å². The minimum atomic E-state index is -3.86. The summed E-state index contributed by atoms with van der Waals surface area (Å²) >= 11 is 3.34. The van der Waals surface area contributed by atoms with Crippen LogP contribution >= 0.6 is 15.9 Å². The number of nitrogen functional groups attached to an aromatic ring is 1. The van der Waals surface area contributed by atoms with Gasteiger partial charge in [-0.2, -0.15) is 5.26 Å². The average molecular weight is 366 g/mol. The Morgan fingerprint density at radius 2 is 2.00 bits per heavy atom. The molecule has 2 rings (SSSR count). The Hall–Kier alpha value is -2.04. The summed E-state index contributed by atoms with van der Waals surface area (Å²) in [5.74, 6) is 0. The molecule has 108 valence electrons. The smallest absolute Gasteiger partial charge is 0.263 e. The Labute approximate surface area is 131 Å². The van der Waals surface area contributed by atoms with Crippen LogP contribution in [-0.2, 0) is 10.0 Å². The van der Waals surface area contributed by atoms with Crippen molar-refractivity contribution < 1.29 is 8.42 Å². The molecule has 0 heterocycles. The van der Waals surface area contributed by atoms with Crippen LogP contribution in [-0.4, -0.2) is 8.42 Å². The monoisotopic (exact) mass is 365 g/mol. The van der Waals surface area contributed by atoms with E-state index in [0.717, 1.165) is 10.0 Å². The van der Waals surface area contributed by atoms with Crippen LogP contribution < -0.4 is 10.5 Å². The van der Waals surface area contributed by atoms with E-state index in [1.54, 1.807) is 19.1 Å². The van der Waals surface area contributed by atoms with Gasteiger partial charge in [0.2, 0.25) is 0 Å². The van der Waals surface area contributed by atoms with Crippen LogP contribution in [0.3, 0.4) is 0 Å². The molecule has 0 aliphatic heterocycles. The Morgan fingerprint density at radius 3 is 2.67 bits per heavy atom. The molecule has 0 unspecified atom stereocenters. The number of hydrogen-bond acceptors (Lipinski definition) is 4. The molecule has 3 N–H and O–H groups in total. The number of hydrogen-bond donors (Lipinski definition) is 2. The minimum Gasteiger partial charge on any atom is -0.399 e. The fourth-order valence-electron chi connectivity index (χ4n) is 1.79. The molecule has 0 radical (unpaired) electrons. The molecule has 0 spiro atoms. The number of nitrogens with one attached hydrogen (secondary N) is 1. The zero-order valence-electron chi connectivity index (χ0n) is 11.1. The molecule has 21 heavy (non-hydrogen) atoms. The zero-order chi connectivity index (χ0) is 15.6. The first-order valence-electron chi connectivity index (χ1n) is 5.92. The molecular formula is C14H12BrN3O2S. The van der Waals surface area contributed by atoms with Gasteiger partial charge >= 0.3 is 0 Å². The van der Waals surface area contributed by atoms with Crippen LogP contribution in [0.5, 0.6) is 0 Å². The van der Waals surface area contributed by atoms with E-state index in [0.29, 0.717) is 11.4 Å². The Kier molecular flexibility index (Phi) is 4.21. The maximum atomic E-state index is 12.4. The summed E-state index contributed by atoms with van der Waals surface area (Å²) in [6.45, 7) is 1.79. The predicted molar refractivity (Wildman–Crippen MR) is 85.3 cm³/mol. The highest BCUT2D eigenvalue weighted by atomic mass is 79.9. The van der Waals surface area contributed by atoms with Crippen molar-refractivity contribution in [3.05, 3.63) is 52.0 Å². The number of nitriles is 1. The first-order chi connectivity index (χ1) is 9.85. The lowest BCUT2D eigenvalue weighted by molar-refractivity contribution is 0.601. The van der Waals surface area contributed by atoms with Gasteiger partial charge in [0, 0.05) is 10.2 Å². The molecular weight excluding hydrogens is 354 g/mol. The molecule has 7 heteroatoms. The van der Waals surface area contributed by atoms with Gasteiger partial charge in [-0.3, -0.25) is 4.72 Å². The van der Waals surface area contributed by atoms with Crippen molar-refractivity contribution >= 4 is 37.3 Å². The summed E-state index contributed by atoms with van der Waals surface area (Å²) in [7, 11) is -3.86. The quantitative estimate of drug-likeness (QED) is 0.817. The number of rotatable bonds is 3. The maximum absolute atomic E-state index is 12.4. The Morgan fingerprint density at radius 1 is 1.29 bits per heavy atom. The maximum Gasteiger partial charge on any atom is 0.263 e. The summed E-state index contributed by atoms with van der Waals surface area (Å²) < 4.78 is 28.2. The topological polar surface area (TPSA) is 96.0 Å². The van der Waals surface area contributed by atoms with Gasteiger partial charge in [-0.15, -0.1) is 0 Å². The number of sulfonamides is 1. The lowest BCUT2D eigenvalue weighted by atomic mass is 10.2. The van der Waals surface area contributed by atoms with Crippen molar-refractivity contribution in [1.82, 2.24) is 0 Å². The summed E-state index contributed by atoms with van der Waals surface area (Å²) in [5, 5.41) is 9.07. The van der Waals surface area contributed by atoms with Gasteiger partial charge < -0.3 is 5.73 Å². The molecule has 0 atom stereocenters. The van der Waals surface area contributed by atoms with Crippen molar-refractivity contribution in [2.45, 2.75) is 11.8 Å². The molecule has 2 aromatic rings. The third kappa shape index (κ3) is 3.17. The highest BCUT2D eigenvalue weighted by Crippen LogP contribution is 2.27.